The van der Waals surface area contributed by atoms with Gasteiger partial charge in [-0.2, -0.15) is 0 Å². The number of carboxylic acid groups (broad SMARTS) is 1. The fourth-order valence-corrected chi connectivity index (χ4v) is 7.01. The van der Waals surface area contributed by atoms with Crippen LogP contribution in [0.5, 0.6) is 5.75 Å². The van der Waals surface area contributed by atoms with E-state index < -0.39 is 12.1 Å². The summed E-state index contributed by atoms with van der Waals surface area (Å²) in [6.07, 6.45) is 7.47. The molecule has 0 aromatic heterocycles. The largest absolute Gasteiger partial charge is 0.482 e. The van der Waals surface area contributed by atoms with Crippen molar-refractivity contribution >= 4 is 17.8 Å². The number of benzene rings is 1. The van der Waals surface area contributed by atoms with Crippen molar-refractivity contribution in [2.45, 2.75) is 89.8 Å². The molecule has 0 bridgehead atoms. The Kier molecular flexibility index (Phi) is 11.5. The van der Waals surface area contributed by atoms with E-state index >= 15 is 0 Å². The van der Waals surface area contributed by atoms with E-state index in [-0.39, 0.29) is 43.3 Å². The van der Waals surface area contributed by atoms with Crippen LogP contribution < -0.4 is 4.74 Å². The lowest BCUT2D eigenvalue weighted by atomic mass is 9.73. The number of aliphatic hydroxyl groups excluding tert-OH is 1. The molecule has 0 radical (unpaired) electrons. The lowest BCUT2D eigenvalue weighted by Gasteiger charge is -2.33. The van der Waals surface area contributed by atoms with Gasteiger partial charge >= 0.3 is 11.9 Å². The SMILES string of the molecule is CCCCC[C@@H](CC[C@@H]1[C@H]2Cc3cccc(OCC(=O)O)c3C[C@H]2C[C@H]1O)OC(=O)CCC(=O)N1CCN(C)CC1. The van der Waals surface area contributed by atoms with Crippen LogP contribution >= 0.6 is 0 Å². The highest BCUT2D eigenvalue weighted by molar-refractivity contribution is 5.81. The van der Waals surface area contributed by atoms with Gasteiger partial charge in [0.15, 0.2) is 6.61 Å². The van der Waals surface area contributed by atoms with E-state index in [4.69, 9.17) is 14.6 Å². The molecule has 1 aromatic rings. The Morgan fingerprint density at radius 3 is 2.56 bits per heavy atom. The normalized spacial score (nSPS) is 24.8. The van der Waals surface area contributed by atoms with E-state index in [1.807, 2.05) is 24.1 Å². The number of esters is 1. The minimum absolute atomic E-state index is 0.0202. The fourth-order valence-electron chi connectivity index (χ4n) is 7.01. The predicted octanol–water partition coefficient (Wildman–Crippen LogP) is 3.69. The van der Waals surface area contributed by atoms with Crippen LogP contribution in [0.1, 0.15) is 75.8 Å². The summed E-state index contributed by atoms with van der Waals surface area (Å²) in [7, 11) is 2.05. The van der Waals surface area contributed by atoms with Crippen LogP contribution in [0.15, 0.2) is 18.2 Å². The molecule has 2 aliphatic carbocycles. The molecule has 3 aliphatic rings. The number of hydrogen-bond acceptors (Lipinski definition) is 7. The Morgan fingerprint density at radius 1 is 1.05 bits per heavy atom. The maximum atomic E-state index is 12.8. The molecule has 9 heteroatoms. The van der Waals surface area contributed by atoms with E-state index in [9.17, 15) is 19.5 Å². The van der Waals surface area contributed by atoms with Crippen LogP contribution in [0.3, 0.4) is 0 Å². The summed E-state index contributed by atoms with van der Waals surface area (Å²) in [5.74, 6) is 0.131. The summed E-state index contributed by atoms with van der Waals surface area (Å²) in [6.45, 7) is 4.91. The number of fused-ring (bicyclic) bond motifs is 2. The molecule has 9 nitrogen and oxygen atoms in total. The molecular formula is C32H48N2O7. The first-order valence-electron chi connectivity index (χ1n) is 15.5. The topological polar surface area (TPSA) is 117 Å². The number of ether oxygens (including phenoxy) is 2. The highest BCUT2D eigenvalue weighted by atomic mass is 16.5. The molecule has 0 spiro atoms. The van der Waals surface area contributed by atoms with Gasteiger partial charge in [-0.05, 0) is 86.9 Å². The summed E-state index contributed by atoms with van der Waals surface area (Å²) in [4.78, 5) is 40.4. The minimum Gasteiger partial charge on any atom is -0.482 e. The Labute approximate surface area is 244 Å². The zero-order valence-corrected chi connectivity index (χ0v) is 24.8. The number of aliphatic hydroxyl groups is 1. The van der Waals surface area contributed by atoms with Gasteiger partial charge < -0.3 is 29.5 Å². The molecule has 1 aliphatic heterocycles. The van der Waals surface area contributed by atoms with Crippen molar-refractivity contribution < 1.29 is 34.1 Å². The average molecular weight is 573 g/mol. The third-order valence-corrected chi connectivity index (χ3v) is 9.35. The van der Waals surface area contributed by atoms with Gasteiger partial charge in [-0.15, -0.1) is 0 Å². The van der Waals surface area contributed by atoms with Crippen molar-refractivity contribution in [2.75, 3.05) is 39.8 Å². The van der Waals surface area contributed by atoms with Gasteiger partial charge in [-0.25, -0.2) is 4.79 Å². The molecule has 4 rings (SSSR count). The molecule has 5 atom stereocenters. The standard InChI is InChI=1S/C32H48N2O7/c1-3-4-5-8-24(41-32(39)13-12-30(36)34-16-14-33(2)15-17-34)10-11-25-26-18-22-7-6-9-29(40-21-31(37)38)27(22)19-23(26)20-28(25)35/h6-7,9,23-26,28,35H,3-5,8,10-21H2,1-2H3,(H,37,38)/t23-,24-,25+,26-,28+/m0/s1. The number of nitrogens with zero attached hydrogens (tertiary/aromatic N) is 2. The van der Waals surface area contributed by atoms with Crippen molar-refractivity contribution in [1.82, 2.24) is 9.80 Å². The predicted molar refractivity (Wildman–Crippen MR) is 155 cm³/mol. The van der Waals surface area contributed by atoms with E-state index in [1.165, 1.54) is 5.56 Å². The molecule has 1 heterocycles. The van der Waals surface area contributed by atoms with Crippen LogP contribution in [0, 0.1) is 17.8 Å². The number of hydrogen-bond donors (Lipinski definition) is 2. The summed E-state index contributed by atoms with van der Waals surface area (Å²) >= 11 is 0. The summed E-state index contributed by atoms with van der Waals surface area (Å²) in [5.41, 5.74) is 2.24. The van der Waals surface area contributed by atoms with Crippen LogP contribution in [0.4, 0.5) is 0 Å². The van der Waals surface area contributed by atoms with Gasteiger partial charge in [0.1, 0.15) is 11.9 Å². The van der Waals surface area contributed by atoms with E-state index in [0.717, 1.165) is 70.0 Å². The Bertz CT molecular complexity index is 1040. The lowest BCUT2D eigenvalue weighted by Crippen LogP contribution is -2.47. The maximum Gasteiger partial charge on any atom is 0.341 e. The second-order valence-corrected chi connectivity index (χ2v) is 12.2. The van der Waals surface area contributed by atoms with Gasteiger partial charge in [0.05, 0.1) is 12.5 Å². The minimum atomic E-state index is -0.997. The van der Waals surface area contributed by atoms with Gasteiger partial charge in [0.25, 0.3) is 0 Å². The molecule has 2 fully saturated rings. The summed E-state index contributed by atoms with van der Waals surface area (Å²) < 4.78 is 11.5. The van der Waals surface area contributed by atoms with Crippen LogP contribution in [-0.4, -0.2) is 89.9 Å². The Morgan fingerprint density at radius 2 is 1.83 bits per heavy atom. The number of piperazine rings is 1. The molecular weight excluding hydrogens is 524 g/mol. The van der Waals surface area contributed by atoms with Crippen LogP contribution in [-0.2, 0) is 32.0 Å². The Hall–Kier alpha value is -2.65. The first kappa shape index (κ1) is 31.3. The molecule has 1 amide bonds. The number of likely N-dealkylation sites (N-methyl/N-ethyl adjacent to an activating group) is 1. The Balaban J connectivity index is 1.31. The van der Waals surface area contributed by atoms with Crippen molar-refractivity contribution in [1.29, 1.82) is 0 Å². The number of carbonyl (C=O) groups excluding carboxylic acids is 2. The molecule has 0 unspecified atom stereocenters. The van der Waals surface area contributed by atoms with Gasteiger partial charge in [-0.3, -0.25) is 9.59 Å². The van der Waals surface area contributed by atoms with Gasteiger partial charge in [-0.1, -0.05) is 31.9 Å². The van der Waals surface area contributed by atoms with Crippen LogP contribution in [0.25, 0.3) is 0 Å². The molecule has 228 valence electrons. The summed E-state index contributed by atoms with van der Waals surface area (Å²) in [5, 5.41) is 20.1. The van der Waals surface area contributed by atoms with Crippen molar-refractivity contribution in [3.8, 4) is 5.75 Å². The smallest absolute Gasteiger partial charge is 0.341 e. The highest BCUT2D eigenvalue weighted by Crippen LogP contribution is 2.48. The second-order valence-electron chi connectivity index (χ2n) is 12.2. The molecule has 1 saturated heterocycles. The third kappa shape index (κ3) is 8.67. The highest BCUT2D eigenvalue weighted by Gasteiger charge is 2.45. The van der Waals surface area contributed by atoms with E-state index in [1.54, 1.807) is 0 Å². The number of rotatable bonds is 14. The number of aliphatic carboxylic acids is 1. The number of unbranched alkanes of at least 4 members (excludes halogenated alkanes) is 2. The quantitative estimate of drug-likeness (QED) is 0.256. The van der Waals surface area contributed by atoms with Gasteiger partial charge in [0, 0.05) is 32.6 Å². The number of carbonyl (C=O) groups is 3. The zero-order chi connectivity index (χ0) is 29.4. The third-order valence-electron chi connectivity index (χ3n) is 9.35. The first-order valence-corrected chi connectivity index (χ1v) is 15.5. The monoisotopic (exact) mass is 572 g/mol. The molecule has 1 saturated carbocycles. The van der Waals surface area contributed by atoms with Crippen molar-refractivity contribution in [2.24, 2.45) is 17.8 Å². The van der Waals surface area contributed by atoms with E-state index in [0.29, 0.717) is 37.1 Å². The number of amides is 1. The lowest BCUT2D eigenvalue weighted by molar-refractivity contribution is -0.152. The van der Waals surface area contributed by atoms with Crippen LogP contribution in [0.2, 0.25) is 0 Å². The van der Waals surface area contributed by atoms with Gasteiger partial charge in [0.2, 0.25) is 5.91 Å². The zero-order valence-electron chi connectivity index (χ0n) is 24.8. The maximum absolute atomic E-state index is 12.8. The van der Waals surface area contributed by atoms with Crippen molar-refractivity contribution in [3.05, 3.63) is 29.3 Å². The molecule has 2 N–H and O–H groups in total. The number of carboxylic acids is 1. The fraction of sp³-hybridized carbons (Fsp3) is 0.719. The van der Waals surface area contributed by atoms with Crippen molar-refractivity contribution in [3.63, 3.8) is 0 Å². The molecule has 1 aromatic carbocycles. The summed E-state index contributed by atoms with van der Waals surface area (Å²) in [6, 6.07) is 5.83. The van der Waals surface area contributed by atoms with E-state index in [2.05, 4.69) is 17.9 Å². The first-order chi connectivity index (χ1) is 19.7. The second kappa shape index (κ2) is 15.0. The average Bonchev–Trinajstić information content (AvgIpc) is 3.26. The molecule has 41 heavy (non-hydrogen) atoms.